The van der Waals surface area contributed by atoms with E-state index in [0.717, 1.165) is 30.5 Å². The van der Waals surface area contributed by atoms with Crippen LogP contribution in [0.5, 0.6) is 0 Å². The molecule has 0 unspecified atom stereocenters. The van der Waals surface area contributed by atoms with Crippen molar-refractivity contribution in [2.45, 2.75) is 26.6 Å². The standard InChI is InChI=1S/C14H21N3OS2/c1-4-17(9-11-6-5-7-19-11)14-16-12(10-18-3)13(20-14)8-15-2/h5-7,15H,4,8-10H2,1-3H3. The van der Waals surface area contributed by atoms with Crippen LogP contribution in [0.1, 0.15) is 22.4 Å². The molecule has 0 aliphatic rings. The van der Waals surface area contributed by atoms with Gasteiger partial charge in [-0.1, -0.05) is 6.07 Å². The fourth-order valence-corrected chi connectivity index (χ4v) is 3.82. The van der Waals surface area contributed by atoms with Gasteiger partial charge in [0.1, 0.15) is 0 Å². The summed E-state index contributed by atoms with van der Waals surface area (Å²) in [6, 6.07) is 4.27. The first-order valence-corrected chi connectivity index (χ1v) is 8.37. The highest BCUT2D eigenvalue weighted by atomic mass is 32.1. The first-order valence-electron chi connectivity index (χ1n) is 6.67. The fraction of sp³-hybridized carbons (Fsp3) is 0.500. The van der Waals surface area contributed by atoms with Crippen molar-refractivity contribution >= 4 is 27.8 Å². The first-order chi connectivity index (χ1) is 9.78. The Hall–Kier alpha value is -0.950. The molecule has 0 fully saturated rings. The van der Waals surface area contributed by atoms with Gasteiger partial charge in [0, 0.05) is 30.0 Å². The fourth-order valence-electron chi connectivity index (χ4n) is 1.96. The SMILES string of the molecule is CCN(Cc1cccs1)c1nc(COC)c(CNC)s1. The van der Waals surface area contributed by atoms with Crippen LogP contribution in [0, 0.1) is 0 Å². The summed E-state index contributed by atoms with van der Waals surface area (Å²) in [5.41, 5.74) is 1.05. The number of nitrogens with zero attached hydrogens (tertiary/aromatic N) is 2. The van der Waals surface area contributed by atoms with Crippen molar-refractivity contribution in [3.05, 3.63) is 33.0 Å². The molecular weight excluding hydrogens is 290 g/mol. The van der Waals surface area contributed by atoms with Crippen molar-refractivity contribution in [3.8, 4) is 0 Å². The van der Waals surface area contributed by atoms with Crippen molar-refractivity contribution in [2.24, 2.45) is 0 Å². The van der Waals surface area contributed by atoms with E-state index in [1.165, 1.54) is 9.75 Å². The van der Waals surface area contributed by atoms with Crippen molar-refractivity contribution in [1.82, 2.24) is 10.3 Å². The Morgan fingerprint density at radius 1 is 1.45 bits per heavy atom. The first kappa shape index (κ1) is 15.4. The van der Waals surface area contributed by atoms with Crippen LogP contribution in [-0.4, -0.2) is 25.7 Å². The summed E-state index contributed by atoms with van der Waals surface area (Å²) in [7, 11) is 3.67. The van der Waals surface area contributed by atoms with Gasteiger partial charge in [-0.15, -0.1) is 22.7 Å². The van der Waals surface area contributed by atoms with Crippen LogP contribution >= 0.6 is 22.7 Å². The summed E-state index contributed by atoms with van der Waals surface area (Å²) in [5, 5.41) is 6.40. The minimum atomic E-state index is 0.573. The molecule has 0 aliphatic heterocycles. The third-order valence-corrected chi connectivity index (χ3v) is 4.98. The normalized spacial score (nSPS) is 10.9. The zero-order valence-electron chi connectivity index (χ0n) is 12.2. The molecule has 20 heavy (non-hydrogen) atoms. The Labute approximate surface area is 128 Å². The molecule has 0 saturated heterocycles. The summed E-state index contributed by atoms with van der Waals surface area (Å²) in [4.78, 5) is 9.69. The van der Waals surface area contributed by atoms with Gasteiger partial charge in [0.2, 0.25) is 0 Å². The number of ether oxygens (including phenoxy) is 1. The summed E-state index contributed by atoms with van der Waals surface area (Å²) >= 11 is 3.55. The van der Waals surface area contributed by atoms with E-state index in [9.17, 15) is 0 Å². The molecule has 0 bridgehead atoms. The predicted octanol–water partition coefficient (Wildman–Crippen LogP) is 3.10. The van der Waals surface area contributed by atoms with E-state index in [-0.39, 0.29) is 0 Å². The largest absolute Gasteiger partial charge is 0.378 e. The number of aromatic nitrogens is 1. The maximum atomic E-state index is 5.25. The summed E-state index contributed by atoms with van der Waals surface area (Å²) < 4.78 is 5.25. The Bertz CT molecular complexity index is 487. The molecule has 0 saturated carbocycles. The zero-order chi connectivity index (χ0) is 14.4. The molecule has 1 N–H and O–H groups in total. The van der Waals surface area contributed by atoms with Gasteiger partial charge in [-0.2, -0.15) is 0 Å². The molecule has 110 valence electrons. The van der Waals surface area contributed by atoms with Gasteiger partial charge in [0.25, 0.3) is 0 Å². The lowest BCUT2D eigenvalue weighted by Crippen LogP contribution is -2.21. The van der Waals surface area contributed by atoms with Gasteiger partial charge in [0.15, 0.2) is 5.13 Å². The van der Waals surface area contributed by atoms with E-state index >= 15 is 0 Å². The quantitative estimate of drug-likeness (QED) is 0.813. The van der Waals surface area contributed by atoms with Crippen molar-refractivity contribution in [3.63, 3.8) is 0 Å². The molecule has 2 heterocycles. The second-order valence-corrected chi connectivity index (χ2v) is 6.52. The van der Waals surface area contributed by atoms with Crippen LogP contribution in [0.15, 0.2) is 17.5 Å². The number of rotatable bonds is 8. The average Bonchev–Trinajstić information content (AvgIpc) is 3.07. The molecule has 0 aromatic carbocycles. The predicted molar refractivity (Wildman–Crippen MR) is 86.6 cm³/mol. The molecule has 2 aromatic rings. The minimum absolute atomic E-state index is 0.573. The molecule has 0 atom stereocenters. The second-order valence-electron chi connectivity index (χ2n) is 4.42. The van der Waals surface area contributed by atoms with E-state index < -0.39 is 0 Å². The molecule has 2 aromatic heterocycles. The number of methoxy groups -OCH3 is 1. The highest BCUT2D eigenvalue weighted by molar-refractivity contribution is 7.15. The van der Waals surface area contributed by atoms with Gasteiger partial charge >= 0.3 is 0 Å². The number of nitrogens with one attached hydrogen (secondary N) is 1. The molecule has 0 radical (unpaired) electrons. The van der Waals surface area contributed by atoms with Gasteiger partial charge in [0.05, 0.1) is 18.8 Å². The number of thiazole rings is 1. The zero-order valence-corrected chi connectivity index (χ0v) is 13.8. The lowest BCUT2D eigenvalue weighted by atomic mass is 10.4. The van der Waals surface area contributed by atoms with E-state index in [0.29, 0.717) is 6.61 Å². The molecule has 0 amide bonds. The van der Waals surface area contributed by atoms with Crippen LogP contribution < -0.4 is 10.2 Å². The van der Waals surface area contributed by atoms with Crippen molar-refractivity contribution in [1.29, 1.82) is 0 Å². The van der Waals surface area contributed by atoms with Crippen molar-refractivity contribution < 1.29 is 4.74 Å². The van der Waals surface area contributed by atoms with Gasteiger partial charge < -0.3 is 15.0 Å². The van der Waals surface area contributed by atoms with Crippen LogP contribution in [0.4, 0.5) is 5.13 Å². The van der Waals surface area contributed by atoms with Crippen LogP contribution in [-0.2, 0) is 24.4 Å². The monoisotopic (exact) mass is 311 g/mol. The number of anilines is 1. The topological polar surface area (TPSA) is 37.4 Å². The van der Waals surface area contributed by atoms with Crippen molar-refractivity contribution in [2.75, 3.05) is 25.6 Å². The lowest BCUT2D eigenvalue weighted by Gasteiger charge is -2.18. The summed E-state index contributed by atoms with van der Waals surface area (Å²) in [6.45, 7) is 5.46. The molecule has 0 spiro atoms. The molecule has 2 rings (SSSR count). The molecule has 4 nitrogen and oxygen atoms in total. The van der Waals surface area contributed by atoms with Gasteiger partial charge in [-0.25, -0.2) is 4.98 Å². The van der Waals surface area contributed by atoms with Crippen LogP contribution in [0.25, 0.3) is 0 Å². The molecular formula is C14H21N3OS2. The van der Waals surface area contributed by atoms with Crippen LogP contribution in [0.2, 0.25) is 0 Å². The third-order valence-electron chi connectivity index (χ3n) is 2.96. The van der Waals surface area contributed by atoms with Gasteiger partial charge in [-0.05, 0) is 25.4 Å². The molecule has 6 heteroatoms. The Balaban J connectivity index is 2.18. The Morgan fingerprint density at radius 3 is 2.90 bits per heavy atom. The highest BCUT2D eigenvalue weighted by Crippen LogP contribution is 2.28. The third kappa shape index (κ3) is 3.79. The summed E-state index contributed by atoms with van der Waals surface area (Å²) in [6.07, 6.45) is 0. The van der Waals surface area contributed by atoms with E-state index in [1.807, 2.05) is 7.05 Å². The minimum Gasteiger partial charge on any atom is -0.378 e. The molecule has 0 aliphatic carbocycles. The number of thiophene rings is 1. The highest BCUT2D eigenvalue weighted by Gasteiger charge is 2.15. The number of hydrogen-bond donors (Lipinski definition) is 1. The van der Waals surface area contributed by atoms with E-state index in [1.54, 1.807) is 29.8 Å². The lowest BCUT2D eigenvalue weighted by molar-refractivity contribution is 0.181. The Morgan fingerprint density at radius 2 is 2.30 bits per heavy atom. The summed E-state index contributed by atoms with van der Waals surface area (Å²) in [5.74, 6) is 0. The maximum Gasteiger partial charge on any atom is 0.186 e. The number of hydrogen-bond acceptors (Lipinski definition) is 6. The van der Waals surface area contributed by atoms with E-state index in [2.05, 4.69) is 34.7 Å². The Kier molecular flexibility index (Phi) is 5.97. The van der Waals surface area contributed by atoms with Crippen LogP contribution in [0.3, 0.4) is 0 Å². The second kappa shape index (κ2) is 7.73. The maximum absolute atomic E-state index is 5.25. The average molecular weight is 311 g/mol. The van der Waals surface area contributed by atoms with E-state index in [4.69, 9.17) is 9.72 Å². The van der Waals surface area contributed by atoms with Gasteiger partial charge in [-0.3, -0.25) is 0 Å². The smallest absolute Gasteiger partial charge is 0.186 e.